The molecular formula is C14H22ClNO. The second-order valence-corrected chi connectivity index (χ2v) is 4.92. The van der Waals surface area contributed by atoms with Gasteiger partial charge < -0.3 is 9.64 Å². The zero-order chi connectivity index (χ0) is 12.8. The van der Waals surface area contributed by atoms with Crippen LogP contribution in [0.1, 0.15) is 23.1 Å². The fraction of sp³-hybridized carbons (Fsp3) is 0.571. The van der Waals surface area contributed by atoms with Crippen LogP contribution in [-0.4, -0.2) is 31.5 Å². The third kappa shape index (κ3) is 4.21. The molecule has 0 saturated heterocycles. The van der Waals surface area contributed by atoms with Crippen LogP contribution in [0.2, 0.25) is 0 Å². The summed E-state index contributed by atoms with van der Waals surface area (Å²) >= 11 is 5.70. The molecule has 0 unspecified atom stereocenters. The molecule has 2 nitrogen and oxygen atoms in total. The molecule has 0 radical (unpaired) electrons. The van der Waals surface area contributed by atoms with Gasteiger partial charge in [-0.1, -0.05) is 12.1 Å². The highest BCUT2D eigenvalue weighted by molar-refractivity contribution is 6.17. The van der Waals surface area contributed by atoms with E-state index in [4.69, 9.17) is 16.3 Å². The number of alkyl halides is 1. The van der Waals surface area contributed by atoms with Crippen LogP contribution in [0, 0.1) is 13.8 Å². The summed E-state index contributed by atoms with van der Waals surface area (Å²) in [6, 6.07) is 4.39. The maximum absolute atomic E-state index is 5.70. The quantitative estimate of drug-likeness (QED) is 0.723. The summed E-state index contributed by atoms with van der Waals surface area (Å²) in [6.45, 7) is 6.18. The molecule has 0 bridgehead atoms. The first-order valence-corrected chi connectivity index (χ1v) is 6.50. The molecule has 1 aromatic rings. The predicted octanol–water partition coefficient (Wildman–Crippen LogP) is 3.37. The molecule has 0 atom stereocenters. The zero-order valence-corrected chi connectivity index (χ0v) is 12.0. The predicted molar refractivity (Wildman–Crippen MR) is 74.1 cm³/mol. The van der Waals surface area contributed by atoms with Crippen LogP contribution in [0.3, 0.4) is 0 Å². The SMILES string of the molecule is COc1c(C)cc(CN(C)CCCCl)cc1C. The van der Waals surface area contributed by atoms with Crippen molar-refractivity contribution in [3.63, 3.8) is 0 Å². The number of methoxy groups -OCH3 is 1. The average Bonchev–Trinajstić information content (AvgIpc) is 2.26. The van der Waals surface area contributed by atoms with Gasteiger partial charge in [0.2, 0.25) is 0 Å². The topological polar surface area (TPSA) is 12.5 Å². The van der Waals surface area contributed by atoms with E-state index < -0.39 is 0 Å². The molecular weight excluding hydrogens is 234 g/mol. The van der Waals surface area contributed by atoms with Gasteiger partial charge in [-0.2, -0.15) is 0 Å². The van der Waals surface area contributed by atoms with Crippen molar-refractivity contribution >= 4 is 11.6 Å². The van der Waals surface area contributed by atoms with Gasteiger partial charge in [-0.05, 0) is 50.6 Å². The van der Waals surface area contributed by atoms with Gasteiger partial charge in [0.25, 0.3) is 0 Å². The summed E-state index contributed by atoms with van der Waals surface area (Å²) in [5.41, 5.74) is 3.74. The lowest BCUT2D eigenvalue weighted by Crippen LogP contribution is -2.19. The van der Waals surface area contributed by atoms with Gasteiger partial charge in [0.05, 0.1) is 7.11 Å². The van der Waals surface area contributed by atoms with Crippen LogP contribution in [0.4, 0.5) is 0 Å². The number of nitrogens with zero attached hydrogens (tertiary/aromatic N) is 1. The summed E-state index contributed by atoms with van der Waals surface area (Å²) < 4.78 is 5.37. The van der Waals surface area contributed by atoms with Gasteiger partial charge in [0, 0.05) is 12.4 Å². The van der Waals surface area contributed by atoms with Crippen molar-refractivity contribution in [2.75, 3.05) is 26.6 Å². The van der Waals surface area contributed by atoms with Gasteiger partial charge in [-0.25, -0.2) is 0 Å². The molecule has 17 heavy (non-hydrogen) atoms. The molecule has 1 rings (SSSR count). The number of hydrogen-bond donors (Lipinski definition) is 0. The van der Waals surface area contributed by atoms with Crippen LogP contribution < -0.4 is 4.74 Å². The minimum absolute atomic E-state index is 0.727. The molecule has 0 aromatic heterocycles. The largest absolute Gasteiger partial charge is 0.496 e. The molecule has 0 spiro atoms. The fourth-order valence-electron chi connectivity index (χ4n) is 2.17. The number of hydrogen-bond acceptors (Lipinski definition) is 2. The first kappa shape index (κ1) is 14.3. The third-order valence-corrected chi connectivity index (χ3v) is 3.12. The summed E-state index contributed by atoms with van der Waals surface area (Å²) in [5.74, 6) is 1.72. The van der Waals surface area contributed by atoms with Gasteiger partial charge in [-0.15, -0.1) is 11.6 Å². The molecule has 96 valence electrons. The summed E-state index contributed by atoms with van der Waals surface area (Å²) in [5, 5.41) is 0. The van der Waals surface area contributed by atoms with Crippen molar-refractivity contribution in [2.24, 2.45) is 0 Å². The molecule has 0 fully saturated rings. The number of rotatable bonds is 6. The highest BCUT2D eigenvalue weighted by Crippen LogP contribution is 2.24. The molecule has 0 saturated carbocycles. The normalized spacial score (nSPS) is 10.9. The lowest BCUT2D eigenvalue weighted by atomic mass is 10.1. The molecule has 0 amide bonds. The van der Waals surface area contributed by atoms with Crippen LogP contribution in [0.5, 0.6) is 5.75 Å². The maximum Gasteiger partial charge on any atom is 0.124 e. The summed E-state index contributed by atoms with van der Waals surface area (Å²) in [6.07, 6.45) is 1.03. The first-order valence-electron chi connectivity index (χ1n) is 5.97. The summed E-state index contributed by atoms with van der Waals surface area (Å²) in [4.78, 5) is 2.29. The van der Waals surface area contributed by atoms with Gasteiger partial charge in [0.15, 0.2) is 0 Å². The molecule has 0 aliphatic rings. The monoisotopic (exact) mass is 255 g/mol. The Morgan fingerprint density at radius 1 is 1.24 bits per heavy atom. The number of benzene rings is 1. The van der Waals surface area contributed by atoms with Crippen LogP contribution in [-0.2, 0) is 6.54 Å². The number of halogens is 1. The Bertz CT molecular complexity index is 342. The number of aryl methyl sites for hydroxylation is 2. The highest BCUT2D eigenvalue weighted by Gasteiger charge is 2.06. The van der Waals surface area contributed by atoms with Crippen molar-refractivity contribution in [3.8, 4) is 5.75 Å². The Hall–Kier alpha value is -0.730. The van der Waals surface area contributed by atoms with Gasteiger partial charge in [-0.3, -0.25) is 0 Å². The van der Waals surface area contributed by atoms with E-state index in [9.17, 15) is 0 Å². The van der Waals surface area contributed by atoms with Crippen LogP contribution >= 0.6 is 11.6 Å². The van der Waals surface area contributed by atoms with E-state index in [1.54, 1.807) is 7.11 Å². The molecule has 0 aliphatic heterocycles. The van der Waals surface area contributed by atoms with Crippen molar-refractivity contribution in [3.05, 3.63) is 28.8 Å². The molecule has 1 aromatic carbocycles. The van der Waals surface area contributed by atoms with Gasteiger partial charge in [0.1, 0.15) is 5.75 Å². The van der Waals surface area contributed by atoms with E-state index in [2.05, 4.69) is 37.9 Å². The van der Waals surface area contributed by atoms with Crippen molar-refractivity contribution < 1.29 is 4.74 Å². The molecule has 0 aliphatic carbocycles. The highest BCUT2D eigenvalue weighted by atomic mass is 35.5. The van der Waals surface area contributed by atoms with Crippen molar-refractivity contribution in [1.29, 1.82) is 0 Å². The van der Waals surface area contributed by atoms with Crippen molar-refractivity contribution in [2.45, 2.75) is 26.8 Å². The molecule has 0 heterocycles. The second-order valence-electron chi connectivity index (χ2n) is 4.54. The van der Waals surface area contributed by atoms with Crippen molar-refractivity contribution in [1.82, 2.24) is 4.90 Å². The van der Waals surface area contributed by atoms with Gasteiger partial charge >= 0.3 is 0 Å². The first-order chi connectivity index (χ1) is 8.08. The van der Waals surface area contributed by atoms with Crippen LogP contribution in [0.25, 0.3) is 0 Å². The maximum atomic E-state index is 5.70. The van der Waals surface area contributed by atoms with E-state index in [-0.39, 0.29) is 0 Å². The van der Waals surface area contributed by atoms with Crippen LogP contribution in [0.15, 0.2) is 12.1 Å². The minimum Gasteiger partial charge on any atom is -0.496 e. The smallest absolute Gasteiger partial charge is 0.124 e. The number of ether oxygens (including phenoxy) is 1. The Labute approximate surface area is 110 Å². The lowest BCUT2D eigenvalue weighted by molar-refractivity contribution is 0.327. The van der Waals surface area contributed by atoms with E-state index >= 15 is 0 Å². The third-order valence-electron chi connectivity index (χ3n) is 2.85. The van der Waals surface area contributed by atoms with E-state index in [0.29, 0.717) is 0 Å². The summed E-state index contributed by atoms with van der Waals surface area (Å²) in [7, 11) is 3.85. The Balaban J connectivity index is 2.72. The van der Waals surface area contributed by atoms with E-state index in [1.165, 1.54) is 16.7 Å². The van der Waals surface area contributed by atoms with E-state index in [0.717, 1.165) is 31.1 Å². The minimum atomic E-state index is 0.727. The Morgan fingerprint density at radius 2 is 1.82 bits per heavy atom. The van der Waals surface area contributed by atoms with E-state index in [1.807, 2.05) is 0 Å². The Morgan fingerprint density at radius 3 is 2.29 bits per heavy atom. The second kappa shape index (κ2) is 6.87. The molecule has 0 N–H and O–H groups in total. The lowest BCUT2D eigenvalue weighted by Gasteiger charge is -2.18. The zero-order valence-electron chi connectivity index (χ0n) is 11.2. The standard InChI is InChI=1S/C14H22ClNO/c1-11-8-13(9-12(2)14(11)17-4)10-16(3)7-5-6-15/h8-9H,5-7,10H2,1-4H3. The molecule has 3 heteroatoms. The Kier molecular flexibility index (Phi) is 5.79. The average molecular weight is 256 g/mol. The fourth-order valence-corrected chi connectivity index (χ4v) is 2.29.